The van der Waals surface area contributed by atoms with E-state index in [9.17, 15) is 18.2 Å². The fourth-order valence-corrected chi connectivity index (χ4v) is 3.87. The number of hydrogen-bond donors (Lipinski definition) is 1. The van der Waals surface area contributed by atoms with Gasteiger partial charge in [-0.05, 0) is 25.0 Å². The fourth-order valence-electron chi connectivity index (χ4n) is 1.42. The fraction of sp³-hybridized carbons (Fsp3) is 0.500. The second kappa shape index (κ2) is 6.97. The molecule has 3 nitrogen and oxygen atoms in total. The predicted octanol–water partition coefficient (Wildman–Crippen LogP) is 5.39. The van der Waals surface area contributed by atoms with Crippen molar-refractivity contribution >= 4 is 39.5 Å². The number of hydrogen-bond acceptors (Lipinski definition) is 2. The van der Waals surface area contributed by atoms with E-state index >= 15 is 0 Å². The molecule has 0 saturated heterocycles. The van der Waals surface area contributed by atoms with Crippen molar-refractivity contribution in [1.29, 1.82) is 0 Å². The highest BCUT2D eigenvalue weighted by Gasteiger charge is 2.54. The van der Waals surface area contributed by atoms with Crippen LogP contribution in [0.4, 0.5) is 8.78 Å². The van der Waals surface area contributed by atoms with Gasteiger partial charge in [0.15, 0.2) is 0 Å². The lowest BCUT2D eigenvalue weighted by Gasteiger charge is -2.25. The smallest absolute Gasteiger partial charge is 0.320 e. The molecule has 0 radical (unpaired) electrons. The summed E-state index contributed by atoms with van der Waals surface area (Å²) < 4.78 is 45.1. The second-order valence-corrected chi connectivity index (χ2v) is 7.56. The van der Waals surface area contributed by atoms with Crippen LogP contribution in [-0.4, -0.2) is 11.0 Å². The predicted molar refractivity (Wildman–Crippen MR) is 81.3 cm³/mol. The molecule has 0 aliphatic carbocycles. The van der Waals surface area contributed by atoms with Crippen LogP contribution in [0.1, 0.15) is 31.4 Å². The van der Waals surface area contributed by atoms with Crippen molar-refractivity contribution in [3.05, 3.63) is 33.8 Å². The van der Waals surface area contributed by atoms with E-state index in [1.54, 1.807) is 6.92 Å². The highest BCUT2D eigenvalue weighted by molar-refractivity contribution is 9.10. The van der Waals surface area contributed by atoms with Gasteiger partial charge in [-0.15, -0.1) is 0 Å². The van der Waals surface area contributed by atoms with E-state index in [2.05, 4.69) is 36.4 Å². The Morgan fingerprint density at radius 1 is 1.50 bits per heavy atom. The van der Waals surface area contributed by atoms with Gasteiger partial charge in [0.25, 0.3) is 0 Å². The van der Waals surface area contributed by atoms with Gasteiger partial charge >= 0.3 is 13.3 Å². The third-order valence-electron chi connectivity index (χ3n) is 2.76. The minimum atomic E-state index is -5.12. The monoisotopic (exact) mass is 434 g/mol. The highest BCUT2D eigenvalue weighted by atomic mass is 79.9. The van der Waals surface area contributed by atoms with Gasteiger partial charge in [0.1, 0.15) is 0 Å². The summed E-state index contributed by atoms with van der Waals surface area (Å²) in [5.41, 5.74) is -3.76. The summed E-state index contributed by atoms with van der Waals surface area (Å²) >= 11 is 6.22. The SMILES string of the molecule is CCC(C)OP(=O)(O)C(F)(F)c1ccc(CBr)cc1Br. The van der Waals surface area contributed by atoms with Crippen LogP contribution >= 0.6 is 39.5 Å². The van der Waals surface area contributed by atoms with Crippen LogP contribution in [0.3, 0.4) is 0 Å². The first kappa shape index (κ1) is 18.2. The summed E-state index contributed by atoms with van der Waals surface area (Å²) in [6, 6.07) is 4.07. The molecule has 1 aromatic carbocycles. The molecule has 0 heterocycles. The van der Waals surface area contributed by atoms with Crippen molar-refractivity contribution < 1.29 is 22.8 Å². The van der Waals surface area contributed by atoms with Gasteiger partial charge in [-0.1, -0.05) is 50.9 Å². The summed E-state index contributed by atoms with van der Waals surface area (Å²) in [5.74, 6) is 0. The molecule has 0 fully saturated rings. The molecule has 114 valence electrons. The van der Waals surface area contributed by atoms with Crippen molar-refractivity contribution in [3.63, 3.8) is 0 Å². The summed E-state index contributed by atoms with van der Waals surface area (Å²) in [5, 5.41) is 0.498. The van der Waals surface area contributed by atoms with E-state index in [0.29, 0.717) is 11.8 Å². The summed E-state index contributed by atoms with van der Waals surface area (Å²) in [7, 11) is -5.12. The van der Waals surface area contributed by atoms with Crippen LogP contribution in [0, 0.1) is 0 Å². The summed E-state index contributed by atoms with van der Waals surface area (Å²) in [4.78, 5) is 9.60. The van der Waals surface area contributed by atoms with Gasteiger partial charge < -0.3 is 9.42 Å². The second-order valence-electron chi connectivity index (χ2n) is 4.33. The number of rotatable bonds is 6. The molecule has 1 rings (SSSR count). The summed E-state index contributed by atoms with van der Waals surface area (Å²) in [6.07, 6.45) is -0.359. The Hall–Kier alpha value is 0.190. The van der Waals surface area contributed by atoms with Crippen LogP contribution < -0.4 is 0 Å². The van der Waals surface area contributed by atoms with Crippen LogP contribution in [0.15, 0.2) is 22.7 Å². The number of halogens is 4. The standard InChI is InChI=1S/C12H15Br2F2O3P/c1-3-8(2)19-20(17,18)12(15,16)10-5-4-9(7-13)6-11(10)14/h4-6,8H,3,7H2,1-2H3,(H,17,18). The normalized spacial score (nSPS) is 16.8. The first-order valence-corrected chi connectivity index (χ1v) is 9.38. The van der Waals surface area contributed by atoms with E-state index in [1.807, 2.05) is 0 Å². The Balaban J connectivity index is 3.18. The molecule has 0 spiro atoms. The quantitative estimate of drug-likeness (QED) is 0.481. The first-order valence-electron chi connectivity index (χ1n) is 5.89. The third kappa shape index (κ3) is 3.89. The summed E-state index contributed by atoms with van der Waals surface area (Å²) in [6.45, 7) is 3.16. The first-order chi connectivity index (χ1) is 9.15. The maximum atomic E-state index is 14.2. The molecule has 0 aromatic heterocycles. The minimum absolute atomic E-state index is 0.0708. The largest absolute Gasteiger partial charge is 0.402 e. The van der Waals surface area contributed by atoms with E-state index in [1.165, 1.54) is 19.1 Å². The zero-order valence-electron chi connectivity index (χ0n) is 10.9. The molecule has 0 aliphatic rings. The molecular formula is C12H15Br2F2O3P. The molecule has 1 aromatic rings. The maximum absolute atomic E-state index is 14.2. The zero-order valence-corrected chi connectivity index (χ0v) is 15.0. The van der Waals surface area contributed by atoms with Gasteiger partial charge in [-0.25, -0.2) is 0 Å². The lowest BCUT2D eigenvalue weighted by atomic mass is 10.1. The molecule has 0 saturated carbocycles. The Kier molecular flexibility index (Phi) is 6.35. The molecule has 2 unspecified atom stereocenters. The Bertz CT molecular complexity index is 525. The van der Waals surface area contributed by atoms with Crippen molar-refractivity contribution in [2.75, 3.05) is 0 Å². The van der Waals surface area contributed by atoms with Crippen molar-refractivity contribution in [2.45, 2.75) is 37.4 Å². The van der Waals surface area contributed by atoms with Crippen molar-refractivity contribution in [3.8, 4) is 0 Å². The molecule has 8 heteroatoms. The molecule has 1 N–H and O–H groups in total. The lowest BCUT2D eigenvalue weighted by molar-refractivity contribution is 0.0341. The topological polar surface area (TPSA) is 46.5 Å². The molecular weight excluding hydrogens is 421 g/mol. The third-order valence-corrected chi connectivity index (χ3v) is 5.66. The van der Waals surface area contributed by atoms with Gasteiger partial charge in [0, 0.05) is 15.4 Å². The lowest BCUT2D eigenvalue weighted by Crippen LogP contribution is -2.19. The average molecular weight is 436 g/mol. The minimum Gasteiger partial charge on any atom is -0.320 e. The van der Waals surface area contributed by atoms with Crippen LogP contribution in [0.25, 0.3) is 0 Å². The number of benzene rings is 1. The van der Waals surface area contributed by atoms with Crippen molar-refractivity contribution in [1.82, 2.24) is 0 Å². The average Bonchev–Trinajstić information content (AvgIpc) is 2.37. The van der Waals surface area contributed by atoms with Crippen molar-refractivity contribution in [2.24, 2.45) is 0 Å². The van der Waals surface area contributed by atoms with E-state index in [0.717, 1.165) is 11.6 Å². The molecule has 0 amide bonds. The number of alkyl halides is 3. The van der Waals surface area contributed by atoms with E-state index < -0.39 is 24.9 Å². The van der Waals surface area contributed by atoms with E-state index in [-0.39, 0.29) is 4.47 Å². The molecule has 20 heavy (non-hydrogen) atoms. The van der Waals surface area contributed by atoms with Crippen LogP contribution in [0.2, 0.25) is 0 Å². The van der Waals surface area contributed by atoms with E-state index in [4.69, 9.17) is 0 Å². The highest BCUT2D eigenvalue weighted by Crippen LogP contribution is 2.64. The van der Waals surface area contributed by atoms with Gasteiger partial charge in [0.2, 0.25) is 0 Å². The molecule has 2 atom stereocenters. The Morgan fingerprint density at radius 3 is 2.55 bits per heavy atom. The van der Waals surface area contributed by atoms with Gasteiger partial charge in [-0.3, -0.25) is 4.57 Å². The Morgan fingerprint density at radius 2 is 2.10 bits per heavy atom. The molecule has 0 bridgehead atoms. The maximum Gasteiger partial charge on any atom is 0.402 e. The zero-order chi connectivity index (χ0) is 15.6. The van der Waals surface area contributed by atoms with Gasteiger partial charge in [0.05, 0.1) is 6.10 Å². The molecule has 0 aliphatic heterocycles. The Labute approximate surface area is 133 Å². The van der Waals surface area contributed by atoms with Crippen LogP contribution in [0.5, 0.6) is 0 Å². The van der Waals surface area contributed by atoms with Crippen LogP contribution in [-0.2, 0) is 20.1 Å². The van der Waals surface area contributed by atoms with Gasteiger partial charge in [-0.2, -0.15) is 8.78 Å².